The van der Waals surface area contributed by atoms with Gasteiger partial charge in [0.25, 0.3) is 0 Å². The van der Waals surface area contributed by atoms with Crippen LogP contribution in [0.3, 0.4) is 0 Å². The molecule has 8 nitrogen and oxygen atoms in total. The van der Waals surface area contributed by atoms with E-state index in [1.807, 2.05) is 5.32 Å². The number of aliphatic hydroxyl groups is 1. The minimum atomic E-state index is -4.49. The van der Waals surface area contributed by atoms with Crippen LogP contribution in [0.2, 0.25) is 0 Å². The van der Waals surface area contributed by atoms with Crippen molar-refractivity contribution in [2.75, 3.05) is 18.5 Å². The van der Waals surface area contributed by atoms with Crippen molar-refractivity contribution in [2.45, 2.75) is 23.4 Å². The zero-order chi connectivity index (χ0) is 26.8. The fourth-order valence-corrected chi connectivity index (χ4v) is 3.77. The molecule has 0 spiro atoms. The zero-order valence-corrected chi connectivity index (χ0v) is 21.3. The molecular formula is C23H20F5IN6O2. The lowest BCUT2D eigenvalue weighted by Crippen LogP contribution is -2.41. The van der Waals surface area contributed by atoms with E-state index in [-0.39, 0.29) is 0 Å². The number of benzene rings is 1. The van der Waals surface area contributed by atoms with Gasteiger partial charge >= 0.3 is 10.1 Å². The second kappa shape index (κ2) is 10.7. The van der Waals surface area contributed by atoms with Crippen molar-refractivity contribution in [1.82, 2.24) is 24.7 Å². The number of pyridine rings is 1. The molecule has 0 saturated heterocycles. The van der Waals surface area contributed by atoms with Crippen molar-refractivity contribution < 1.29 is 31.8 Å². The molecule has 3 heterocycles. The highest BCUT2D eigenvalue weighted by Crippen LogP contribution is 2.34. The minimum absolute atomic E-state index is 0.304. The number of halogens is 6. The van der Waals surface area contributed by atoms with E-state index in [1.165, 1.54) is 12.3 Å². The van der Waals surface area contributed by atoms with Crippen molar-refractivity contribution >= 4 is 33.9 Å². The third-order valence-corrected chi connectivity index (χ3v) is 5.51. The van der Waals surface area contributed by atoms with Gasteiger partial charge in [-0.3, -0.25) is 9.72 Å². The van der Waals surface area contributed by atoms with Crippen LogP contribution in [0.1, 0.15) is 12.7 Å². The van der Waals surface area contributed by atoms with Crippen molar-refractivity contribution in [3.63, 3.8) is 0 Å². The quantitative estimate of drug-likeness (QED) is 0.101. The molecule has 0 aliphatic rings. The Labute approximate surface area is 221 Å². The number of rotatable bonds is 9. The van der Waals surface area contributed by atoms with E-state index in [2.05, 4.69) is 20.3 Å². The number of hydrogen-bond donors (Lipinski definition) is 3. The van der Waals surface area contributed by atoms with E-state index in [0.717, 1.165) is 22.6 Å². The van der Waals surface area contributed by atoms with Crippen molar-refractivity contribution in [1.29, 1.82) is 0 Å². The molecule has 14 heteroatoms. The third-order valence-electron chi connectivity index (χ3n) is 5.03. The highest BCUT2D eigenvalue weighted by atomic mass is 127. The molecule has 0 saturated carbocycles. The van der Waals surface area contributed by atoms with Gasteiger partial charge in [0.05, 0.1) is 30.7 Å². The number of hydrogen-bond acceptors (Lipinski definition) is 7. The Bertz CT molecular complexity index is 1390. The molecule has 3 N–H and O–H groups in total. The van der Waals surface area contributed by atoms with E-state index < -0.39 is 28.8 Å². The molecule has 0 radical (unpaired) electrons. The maximum atomic E-state index is 13.6. The SMILES string of the molecule is CCOc1cc(NC(O)NCC(F)(F)F)cc(-c2cnc3cc(-c4ccnc(C(F)(F)I)n4)ccn23)c1. The maximum Gasteiger partial charge on any atom is 0.401 e. The van der Waals surface area contributed by atoms with Gasteiger partial charge in [-0.15, -0.1) is 0 Å². The van der Waals surface area contributed by atoms with Gasteiger partial charge < -0.3 is 15.2 Å². The van der Waals surface area contributed by atoms with Gasteiger partial charge in [-0.05, 0) is 37.3 Å². The summed E-state index contributed by atoms with van der Waals surface area (Å²) in [6, 6.07) is 9.77. The van der Waals surface area contributed by atoms with E-state index in [0.29, 0.717) is 46.2 Å². The fourth-order valence-electron chi connectivity index (χ4n) is 3.51. The monoisotopic (exact) mass is 634 g/mol. The van der Waals surface area contributed by atoms with E-state index in [4.69, 9.17) is 4.74 Å². The van der Waals surface area contributed by atoms with Crippen molar-refractivity contribution in [3.8, 4) is 28.3 Å². The van der Waals surface area contributed by atoms with Gasteiger partial charge in [-0.25, -0.2) is 15.0 Å². The first-order chi connectivity index (χ1) is 17.4. The Morgan fingerprint density at radius 2 is 1.86 bits per heavy atom. The number of ether oxygens (including phenoxy) is 1. The third kappa shape index (κ3) is 6.81. The summed E-state index contributed by atoms with van der Waals surface area (Å²) < 4.78 is 68.8. The molecule has 196 valence electrons. The molecule has 0 aliphatic heterocycles. The predicted octanol–water partition coefficient (Wildman–Crippen LogP) is 5.18. The van der Waals surface area contributed by atoms with Gasteiger partial charge in [-0.1, -0.05) is 0 Å². The van der Waals surface area contributed by atoms with E-state index in [9.17, 15) is 27.1 Å². The summed E-state index contributed by atoms with van der Waals surface area (Å²) in [6.07, 6.45) is -1.62. The molecule has 0 fully saturated rings. The van der Waals surface area contributed by atoms with Crippen LogP contribution in [0, 0.1) is 0 Å². The number of fused-ring (bicyclic) bond motifs is 1. The number of imidazole rings is 1. The highest BCUT2D eigenvalue weighted by molar-refractivity contribution is 14.1. The van der Waals surface area contributed by atoms with Crippen LogP contribution in [0.4, 0.5) is 27.6 Å². The van der Waals surface area contributed by atoms with Crippen molar-refractivity contribution in [2.24, 2.45) is 0 Å². The predicted molar refractivity (Wildman–Crippen MR) is 134 cm³/mol. The minimum Gasteiger partial charge on any atom is -0.494 e. The summed E-state index contributed by atoms with van der Waals surface area (Å²) in [5, 5.41) is 14.5. The Kier molecular flexibility index (Phi) is 7.80. The molecule has 3 aromatic heterocycles. The van der Waals surface area contributed by atoms with Crippen LogP contribution in [-0.4, -0.2) is 50.1 Å². The average Bonchev–Trinajstić information content (AvgIpc) is 3.25. The van der Waals surface area contributed by atoms with Crippen molar-refractivity contribution in [3.05, 3.63) is 60.8 Å². The molecular weight excluding hydrogens is 614 g/mol. The first-order valence-corrected chi connectivity index (χ1v) is 11.9. The average molecular weight is 634 g/mol. The Balaban J connectivity index is 1.65. The molecule has 0 amide bonds. The van der Waals surface area contributed by atoms with Crippen LogP contribution < -0.4 is 15.4 Å². The molecule has 4 aromatic rings. The largest absolute Gasteiger partial charge is 0.494 e. The Morgan fingerprint density at radius 3 is 2.57 bits per heavy atom. The molecule has 1 unspecified atom stereocenters. The summed E-state index contributed by atoms with van der Waals surface area (Å²) in [4.78, 5) is 12.0. The molecule has 0 aliphatic carbocycles. The van der Waals surface area contributed by atoms with Gasteiger partial charge in [0, 0.05) is 57.9 Å². The van der Waals surface area contributed by atoms with Gasteiger partial charge in [-0.2, -0.15) is 22.0 Å². The number of nitrogens with zero attached hydrogens (tertiary/aromatic N) is 4. The lowest BCUT2D eigenvalue weighted by atomic mass is 10.1. The lowest BCUT2D eigenvalue weighted by molar-refractivity contribution is -0.130. The van der Waals surface area contributed by atoms with Crippen LogP contribution in [0.5, 0.6) is 5.75 Å². The first-order valence-electron chi connectivity index (χ1n) is 10.8. The number of anilines is 1. The highest BCUT2D eigenvalue weighted by Gasteiger charge is 2.31. The van der Waals surface area contributed by atoms with Crippen LogP contribution in [0.15, 0.2) is 55.0 Å². The zero-order valence-electron chi connectivity index (χ0n) is 19.1. The van der Waals surface area contributed by atoms with Gasteiger partial charge in [0.1, 0.15) is 11.4 Å². The van der Waals surface area contributed by atoms with Crippen LogP contribution in [-0.2, 0) is 3.93 Å². The molecule has 4 rings (SSSR count). The number of aromatic nitrogens is 4. The van der Waals surface area contributed by atoms with Crippen LogP contribution >= 0.6 is 22.6 Å². The Morgan fingerprint density at radius 1 is 1.08 bits per heavy atom. The van der Waals surface area contributed by atoms with E-state index in [1.54, 1.807) is 54.0 Å². The normalized spacial score (nSPS) is 13.1. The number of aliphatic hydroxyl groups excluding tert-OH is 1. The second-order valence-electron chi connectivity index (χ2n) is 7.77. The van der Waals surface area contributed by atoms with E-state index >= 15 is 0 Å². The number of alkyl halides is 6. The van der Waals surface area contributed by atoms with Gasteiger partial charge in [0.15, 0.2) is 6.35 Å². The smallest absolute Gasteiger partial charge is 0.401 e. The fraction of sp³-hybridized carbons (Fsp3) is 0.261. The topological polar surface area (TPSA) is 96.6 Å². The summed E-state index contributed by atoms with van der Waals surface area (Å²) in [5.74, 6) is -0.181. The molecule has 0 bridgehead atoms. The van der Waals surface area contributed by atoms with Gasteiger partial charge in [0.2, 0.25) is 5.82 Å². The second-order valence-corrected chi connectivity index (χ2v) is 9.13. The van der Waals surface area contributed by atoms with Crippen LogP contribution in [0.25, 0.3) is 28.2 Å². The standard InChI is InChI=1S/C23H20F5IN6O2/c1-2-37-16-8-14(7-15(10-16)33-21(36)32-12-22(24,25)26)18-11-31-19-9-13(4-6-35(18)19)17-3-5-30-20(34-17)23(27,28)29/h3-11,21,32-33,36H,2,12H2,1H3. The molecule has 1 atom stereocenters. The summed E-state index contributed by atoms with van der Waals surface area (Å²) in [7, 11) is 0. The Hall–Kier alpha value is -3.11. The summed E-state index contributed by atoms with van der Waals surface area (Å²) in [6.45, 7) is 0.741. The summed E-state index contributed by atoms with van der Waals surface area (Å²) >= 11 is 0.969. The maximum absolute atomic E-state index is 13.6. The molecule has 1 aromatic carbocycles. The molecule has 37 heavy (non-hydrogen) atoms. The summed E-state index contributed by atoms with van der Waals surface area (Å²) in [5.41, 5.74) is 2.88. The number of nitrogens with one attached hydrogen (secondary N) is 2. The first kappa shape index (κ1) is 26.9. The lowest BCUT2D eigenvalue weighted by Gasteiger charge is -2.18.